The summed E-state index contributed by atoms with van der Waals surface area (Å²) in [7, 11) is 0. The molecule has 112 valence electrons. The van der Waals surface area contributed by atoms with Crippen LogP contribution in [0.1, 0.15) is 44.1 Å². The number of rotatable bonds is 4. The molecule has 1 aliphatic heterocycles. The number of amides is 1. The fourth-order valence-corrected chi connectivity index (χ4v) is 3.21. The normalized spacial score (nSPS) is 17.6. The Morgan fingerprint density at radius 2 is 2.10 bits per heavy atom. The van der Waals surface area contributed by atoms with Crippen LogP contribution < -0.4 is 5.32 Å². The zero-order valence-electron chi connectivity index (χ0n) is 12.5. The van der Waals surface area contributed by atoms with E-state index in [-0.39, 0.29) is 5.91 Å². The lowest BCUT2D eigenvalue weighted by molar-refractivity contribution is 0.0891. The standard InChI is InChI=1S/C15H24BrN3O/c1-4-18-10-12(16)9-14(18)15(20)17-13-5-7-19(8-6-13)11(2)3/h9-11,13H,4-8H2,1-3H3,(H,17,20). The first-order valence-electron chi connectivity index (χ1n) is 7.41. The largest absolute Gasteiger partial charge is 0.348 e. The highest BCUT2D eigenvalue weighted by molar-refractivity contribution is 9.10. The molecule has 0 spiro atoms. The number of aryl methyl sites for hydroxylation is 1. The summed E-state index contributed by atoms with van der Waals surface area (Å²) in [5.74, 6) is 0.0422. The van der Waals surface area contributed by atoms with Crippen molar-refractivity contribution in [1.82, 2.24) is 14.8 Å². The molecule has 1 saturated heterocycles. The maximum absolute atomic E-state index is 12.4. The van der Waals surface area contributed by atoms with Crippen molar-refractivity contribution < 1.29 is 4.79 Å². The number of carbonyl (C=O) groups excluding carboxylic acids is 1. The number of likely N-dealkylation sites (tertiary alicyclic amines) is 1. The topological polar surface area (TPSA) is 37.3 Å². The lowest BCUT2D eigenvalue weighted by atomic mass is 10.0. The van der Waals surface area contributed by atoms with E-state index in [1.807, 2.05) is 23.8 Å². The molecule has 0 radical (unpaired) electrons. The number of nitrogens with one attached hydrogen (secondary N) is 1. The Morgan fingerprint density at radius 1 is 1.45 bits per heavy atom. The molecule has 0 saturated carbocycles. The third-order valence-electron chi connectivity index (χ3n) is 4.03. The lowest BCUT2D eigenvalue weighted by Gasteiger charge is -2.34. The zero-order chi connectivity index (χ0) is 14.7. The number of hydrogen-bond donors (Lipinski definition) is 1. The van der Waals surface area contributed by atoms with Gasteiger partial charge in [-0.2, -0.15) is 0 Å². The van der Waals surface area contributed by atoms with Gasteiger partial charge in [0.15, 0.2) is 0 Å². The summed E-state index contributed by atoms with van der Waals surface area (Å²) in [6.45, 7) is 9.45. The van der Waals surface area contributed by atoms with Crippen LogP contribution in [0, 0.1) is 0 Å². The SMILES string of the molecule is CCn1cc(Br)cc1C(=O)NC1CCN(C(C)C)CC1. The molecule has 0 atom stereocenters. The summed E-state index contributed by atoms with van der Waals surface area (Å²) in [6.07, 6.45) is 4.03. The predicted molar refractivity (Wildman–Crippen MR) is 85.0 cm³/mol. The molecule has 20 heavy (non-hydrogen) atoms. The van der Waals surface area contributed by atoms with Crippen molar-refractivity contribution in [2.45, 2.75) is 52.2 Å². The summed E-state index contributed by atoms with van der Waals surface area (Å²) in [5.41, 5.74) is 0.741. The highest BCUT2D eigenvalue weighted by Gasteiger charge is 2.23. The van der Waals surface area contributed by atoms with E-state index in [4.69, 9.17) is 0 Å². The van der Waals surface area contributed by atoms with Crippen LogP contribution in [0.3, 0.4) is 0 Å². The molecule has 0 unspecified atom stereocenters. The average molecular weight is 342 g/mol. The van der Waals surface area contributed by atoms with E-state index in [0.29, 0.717) is 12.1 Å². The van der Waals surface area contributed by atoms with Gasteiger partial charge in [0, 0.05) is 42.4 Å². The summed E-state index contributed by atoms with van der Waals surface area (Å²) >= 11 is 3.43. The maximum Gasteiger partial charge on any atom is 0.268 e. The van der Waals surface area contributed by atoms with Crippen LogP contribution in [0.2, 0.25) is 0 Å². The van der Waals surface area contributed by atoms with Gasteiger partial charge < -0.3 is 14.8 Å². The molecule has 1 amide bonds. The second-order valence-corrected chi connectivity index (χ2v) is 6.62. The molecular formula is C15H24BrN3O. The van der Waals surface area contributed by atoms with Gasteiger partial charge in [0.1, 0.15) is 5.69 Å². The third-order valence-corrected chi connectivity index (χ3v) is 4.47. The van der Waals surface area contributed by atoms with Crippen LogP contribution in [-0.2, 0) is 6.54 Å². The molecule has 5 heteroatoms. The summed E-state index contributed by atoms with van der Waals surface area (Å²) < 4.78 is 2.93. The number of nitrogens with zero attached hydrogens (tertiary/aromatic N) is 2. The summed E-state index contributed by atoms with van der Waals surface area (Å²) in [4.78, 5) is 14.8. The average Bonchev–Trinajstić information content (AvgIpc) is 2.80. The number of halogens is 1. The van der Waals surface area contributed by atoms with E-state index in [1.54, 1.807) is 0 Å². The molecule has 0 aliphatic carbocycles. The van der Waals surface area contributed by atoms with Crippen molar-refractivity contribution in [3.63, 3.8) is 0 Å². The summed E-state index contributed by atoms with van der Waals surface area (Å²) in [5, 5.41) is 3.18. The first-order chi connectivity index (χ1) is 9.51. The smallest absolute Gasteiger partial charge is 0.268 e. The van der Waals surface area contributed by atoms with Gasteiger partial charge in [-0.15, -0.1) is 0 Å². The Labute approximate surface area is 129 Å². The first-order valence-corrected chi connectivity index (χ1v) is 8.21. The number of hydrogen-bond acceptors (Lipinski definition) is 2. The molecule has 1 fully saturated rings. The third kappa shape index (κ3) is 3.64. The lowest BCUT2D eigenvalue weighted by Crippen LogP contribution is -2.46. The molecule has 1 N–H and O–H groups in total. The number of piperidine rings is 1. The highest BCUT2D eigenvalue weighted by Crippen LogP contribution is 2.17. The van der Waals surface area contributed by atoms with Gasteiger partial charge in [-0.1, -0.05) is 0 Å². The molecule has 2 rings (SSSR count). The number of carbonyl (C=O) groups is 1. The van der Waals surface area contributed by atoms with Crippen molar-refractivity contribution in [2.24, 2.45) is 0 Å². The van der Waals surface area contributed by atoms with Crippen LogP contribution in [0.4, 0.5) is 0 Å². The molecule has 4 nitrogen and oxygen atoms in total. The Morgan fingerprint density at radius 3 is 2.65 bits per heavy atom. The van der Waals surface area contributed by atoms with E-state index in [1.165, 1.54) is 0 Å². The van der Waals surface area contributed by atoms with Crippen molar-refractivity contribution in [1.29, 1.82) is 0 Å². The minimum absolute atomic E-state index is 0.0422. The van der Waals surface area contributed by atoms with Gasteiger partial charge in [0.2, 0.25) is 0 Å². The van der Waals surface area contributed by atoms with Crippen molar-refractivity contribution >= 4 is 21.8 Å². The van der Waals surface area contributed by atoms with Gasteiger partial charge in [0.25, 0.3) is 5.91 Å². The molecule has 0 bridgehead atoms. The van der Waals surface area contributed by atoms with Gasteiger partial charge in [-0.05, 0) is 55.6 Å². The maximum atomic E-state index is 12.4. The molecular weight excluding hydrogens is 318 g/mol. The van der Waals surface area contributed by atoms with E-state index in [9.17, 15) is 4.79 Å². The van der Waals surface area contributed by atoms with Crippen molar-refractivity contribution in [3.8, 4) is 0 Å². The van der Waals surface area contributed by atoms with Crippen LogP contribution in [0.25, 0.3) is 0 Å². The van der Waals surface area contributed by atoms with Crippen molar-refractivity contribution in [3.05, 3.63) is 22.4 Å². The van der Waals surface area contributed by atoms with Gasteiger partial charge in [0.05, 0.1) is 0 Å². The molecule has 0 aromatic carbocycles. The van der Waals surface area contributed by atoms with Gasteiger partial charge in [-0.25, -0.2) is 0 Å². The monoisotopic (exact) mass is 341 g/mol. The van der Waals surface area contributed by atoms with Crippen LogP contribution >= 0.6 is 15.9 Å². The first kappa shape index (κ1) is 15.6. The second kappa shape index (κ2) is 6.76. The van der Waals surface area contributed by atoms with E-state index in [0.717, 1.165) is 42.6 Å². The molecule has 1 aliphatic rings. The number of aromatic nitrogens is 1. The van der Waals surface area contributed by atoms with E-state index in [2.05, 4.69) is 40.0 Å². The highest BCUT2D eigenvalue weighted by atomic mass is 79.9. The fraction of sp³-hybridized carbons (Fsp3) is 0.667. The van der Waals surface area contributed by atoms with Crippen LogP contribution in [0.5, 0.6) is 0 Å². The Balaban J connectivity index is 1.92. The van der Waals surface area contributed by atoms with Crippen molar-refractivity contribution in [2.75, 3.05) is 13.1 Å². The zero-order valence-corrected chi connectivity index (χ0v) is 14.1. The molecule has 2 heterocycles. The second-order valence-electron chi connectivity index (χ2n) is 5.71. The Kier molecular flexibility index (Phi) is 5.27. The Hall–Kier alpha value is -0.810. The molecule has 1 aromatic rings. The van der Waals surface area contributed by atoms with Gasteiger partial charge in [-0.3, -0.25) is 4.79 Å². The molecule has 1 aromatic heterocycles. The van der Waals surface area contributed by atoms with Crippen LogP contribution in [-0.4, -0.2) is 40.5 Å². The van der Waals surface area contributed by atoms with Crippen LogP contribution in [0.15, 0.2) is 16.7 Å². The fourth-order valence-electron chi connectivity index (χ4n) is 2.75. The van der Waals surface area contributed by atoms with E-state index >= 15 is 0 Å². The quantitative estimate of drug-likeness (QED) is 0.914. The van der Waals surface area contributed by atoms with E-state index < -0.39 is 0 Å². The minimum atomic E-state index is 0.0422. The van der Waals surface area contributed by atoms with Gasteiger partial charge >= 0.3 is 0 Å². The minimum Gasteiger partial charge on any atom is -0.348 e. The summed E-state index contributed by atoms with van der Waals surface area (Å²) in [6, 6.07) is 2.79. The predicted octanol–water partition coefficient (Wildman–Crippen LogP) is 2.87. The Bertz CT molecular complexity index is 462.